The molecule has 1 unspecified atom stereocenters. The van der Waals surface area contributed by atoms with E-state index in [0.29, 0.717) is 4.68 Å². The van der Waals surface area contributed by atoms with E-state index in [1.165, 1.54) is 6.92 Å². The van der Waals surface area contributed by atoms with Crippen molar-refractivity contribution in [1.29, 1.82) is 0 Å². The van der Waals surface area contributed by atoms with E-state index in [1.807, 2.05) is 5.32 Å². The molecule has 0 aliphatic rings. The number of rotatable bonds is 5. The van der Waals surface area contributed by atoms with E-state index in [2.05, 4.69) is 15.6 Å². The Kier molecular flexibility index (Phi) is 5.27. The Morgan fingerprint density at radius 3 is 2.48 bits per heavy atom. The fourth-order valence-corrected chi connectivity index (χ4v) is 1.47. The molecule has 1 atom stereocenters. The lowest BCUT2D eigenvalue weighted by molar-refractivity contribution is -0.123. The van der Waals surface area contributed by atoms with Crippen LogP contribution in [0.3, 0.4) is 0 Å². The predicted octanol–water partition coefficient (Wildman–Crippen LogP) is 0.321. The molecule has 0 aliphatic carbocycles. The molecule has 0 saturated carbocycles. The molecule has 0 spiro atoms. The maximum atomic E-state index is 12.9. The van der Waals surface area contributed by atoms with Gasteiger partial charge in [-0.1, -0.05) is 5.21 Å². The van der Waals surface area contributed by atoms with E-state index in [0.717, 1.165) is 0 Å². The van der Waals surface area contributed by atoms with Crippen LogP contribution in [-0.4, -0.2) is 44.6 Å². The third-order valence-electron chi connectivity index (χ3n) is 2.46. The Morgan fingerprint density at radius 2 is 2.00 bits per heavy atom. The molecule has 1 aromatic heterocycles. The highest BCUT2D eigenvalue weighted by atomic mass is 19.3. The zero-order chi connectivity index (χ0) is 16.2. The monoisotopic (exact) mass is 305 g/mol. The van der Waals surface area contributed by atoms with Crippen LogP contribution in [0, 0.1) is 0 Å². The Labute approximate surface area is 117 Å². The smallest absolute Gasteiger partial charge is 0.358 e. The van der Waals surface area contributed by atoms with Gasteiger partial charge in [-0.2, -0.15) is 0 Å². The number of nitrogens with one attached hydrogen (secondary N) is 2. The summed E-state index contributed by atoms with van der Waals surface area (Å²) in [7, 11) is 0. The van der Waals surface area contributed by atoms with Crippen LogP contribution in [0.1, 0.15) is 42.5 Å². The average Bonchev–Trinajstić information content (AvgIpc) is 2.82. The normalized spacial score (nSPS) is 12.0. The Bertz CT molecular complexity index is 560. The highest BCUT2D eigenvalue weighted by molar-refractivity contribution is 5.96. The van der Waals surface area contributed by atoms with Crippen molar-refractivity contribution in [2.24, 2.45) is 0 Å². The summed E-state index contributed by atoms with van der Waals surface area (Å²) in [5, 5.41) is 19.3. The third kappa shape index (κ3) is 3.70. The molecule has 0 radical (unpaired) electrons. The molecule has 3 N–H and O–H groups in total. The van der Waals surface area contributed by atoms with Crippen molar-refractivity contribution >= 4 is 17.9 Å². The fourth-order valence-electron chi connectivity index (χ4n) is 1.47. The number of carbonyl (C=O) groups is 3. The summed E-state index contributed by atoms with van der Waals surface area (Å²) >= 11 is 0. The van der Waals surface area contributed by atoms with Crippen molar-refractivity contribution in [2.45, 2.75) is 26.3 Å². The first kappa shape index (κ1) is 16.5. The summed E-state index contributed by atoms with van der Waals surface area (Å²) in [6.07, 6.45) is -3.19. The predicted molar refractivity (Wildman–Crippen MR) is 63.9 cm³/mol. The second-order valence-corrected chi connectivity index (χ2v) is 3.90. The quantitative estimate of drug-likeness (QED) is 0.719. The summed E-state index contributed by atoms with van der Waals surface area (Å²) in [5.74, 6) is -2.61. The minimum Gasteiger partial charge on any atom is -0.476 e. The number of urea groups is 1. The van der Waals surface area contributed by atoms with E-state index < -0.39 is 41.8 Å². The highest BCUT2D eigenvalue weighted by Crippen LogP contribution is 2.24. The third-order valence-corrected chi connectivity index (χ3v) is 2.46. The van der Waals surface area contributed by atoms with Crippen LogP contribution in [0.2, 0.25) is 0 Å². The van der Waals surface area contributed by atoms with Gasteiger partial charge >= 0.3 is 12.0 Å². The Hall–Kier alpha value is -2.59. The molecule has 1 aromatic rings. The van der Waals surface area contributed by atoms with Gasteiger partial charge in [-0.25, -0.2) is 23.1 Å². The summed E-state index contributed by atoms with van der Waals surface area (Å²) in [6.45, 7) is 3.07. The van der Waals surface area contributed by atoms with Crippen LogP contribution >= 0.6 is 0 Å². The molecule has 11 heteroatoms. The lowest BCUT2D eigenvalue weighted by atomic mass is 10.2. The summed E-state index contributed by atoms with van der Waals surface area (Å²) in [6, 6.07) is -2.14. The first-order valence-corrected chi connectivity index (χ1v) is 5.84. The number of aromatic carboxylic acids is 1. The number of carboxylic acid groups (broad SMARTS) is 1. The van der Waals surface area contributed by atoms with Gasteiger partial charge in [0.25, 0.3) is 12.3 Å². The Balaban J connectivity index is 3.02. The second kappa shape index (κ2) is 6.72. The van der Waals surface area contributed by atoms with Gasteiger partial charge in [0.15, 0.2) is 5.69 Å². The van der Waals surface area contributed by atoms with Crippen LogP contribution in [-0.2, 0) is 4.79 Å². The zero-order valence-electron chi connectivity index (χ0n) is 11.1. The highest BCUT2D eigenvalue weighted by Gasteiger charge is 2.31. The maximum absolute atomic E-state index is 12.9. The number of carboxylic acids is 1. The average molecular weight is 305 g/mol. The summed E-state index contributed by atoms with van der Waals surface area (Å²) < 4.78 is 26.3. The minimum atomic E-state index is -3.19. The molecule has 21 heavy (non-hydrogen) atoms. The van der Waals surface area contributed by atoms with Gasteiger partial charge in [0.05, 0.1) is 0 Å². The lowest BCUT2D eigenvalue weighted by Gasteiger charge is -2.14. The van der Waals surface area contributed by atoms with Gasteiger partial charge in [0.1, 0.15) is 11.7 Å². The molecular weight excluding hydrogens is 292 g/mol. The fraction of sp³-hybridized carbons (Fsp3) is 0.500. The van der Waals surface area contributed by atoms with Crippen molar-refractivity contribution in [3.05, 3.63) is 11.4 Å². The van der Waals surface area contributed by atoms with Crippen LogP contribution < -0.4 is 10.6 Å². The standard InChI is InChI=1S/C10H13F2N5O4/c1-3-13-10(21)14-8(18)4(2)17-6(7(11)12)5(9(19)20)15-16-17/h4,7H,3H2,1-2H3,(H,19,20)(H2,13,14,18,21). The molecule has 0 aliphatic heterocycles. The molecule has 0 fully saturated rings. The molecule has 116 valence electrons. The van der Waals surface area contributed by atoms with Gasteiger partial charge in [0, 0.05) is 6.54 Å². The van der Waals surface area contributed by atoms with Crippen LogP contribution in [0.4, 0.5) is 13.6 Å². The van der Waals surface area contributed by atoms with Crippen molar-refractivity contribution in [3.8, 4) is 0 Å². The first-order chi connectivity index (χ1) is 9.79. The van der Waals surface area contributed by atoms with Crippen molar-refractivity contribution in [2.75, 3.05) is 6.54 Å². The minimum absolute atomic E-state index is 0.266. The molecule has 0 bridgehead atoms. The molecule has 1 rings (SSSR count). The van der Waals surface area contributed by atoms with E-state index in [4.69, 9.17) is 5.11 Å². The number of hydrogen-bond acceptors (Lipinski definition) is 5. The lowest BCUT2D eigenvalue weighted by Crippen LogP contribution is -2.42. The van der Waals surface area contributed by atoms with Gasteiger partial charge in [-0.3, -0.25) is 10.1 Å². The number of aromatic nitrogens is 3. The van der Waals surface area contributed by atoms with Crippen molar-refractivity contribution < 1.29 is 28.3 Å². The van der Waals surface area contributed by atoms with Gasteiger partial charge in [-0.05, 0) is 13.8 Å². The molecule has 0 aromatic carbocycles. The van der Waals surface area contributed by atoms with Crippen molar-refractivity contribution in [3.63, 3.8) is 0 Å². The number of nitrogens with zero attached hydrogens (tertiary/aromatic N) is 3. The summed E-state index contributed by atoms with van der Waals surface area (Å²) in [5.41, 5.74) is -1.94. The van der Waals surface area contributed by atoms with Gasteiger partial charge in [-0.15, -0.1) is 5.10 Å². The molecular formula is C10H13F2N5O4. The SMILES string of the molecule is CCNC(=O)NC(=O)C(C)n1nnc(C(=O)O)c1C(F)F. The number of halogens is 2. The molecule has 0 saturated heterocycles. The van der Waals surface area contributed by atoms with E-state index in [9.17, 15) is 23.2 Å². The molecule has 3 amide bonds. The number of carbonyl (C=O) groups excluding carboxylic acids is 2. The maximum Gasteiger partial charge on any atom is 0.358 e. The van der Waals surface area contributed by atoms with Gasteiger partial charge < -0.3 is 10.4 Å². The first-order valence-electron chi connectivity index (χ1n) is 5.84. The van der Waals surface area contributed by atoms with E-state index in [-0.39, 0.29) is 6.54 Å². The Morgan fingerprint density at radius 1 is 1.38 bits per heavy atom. The van der Waals surface area contributed by atoms with Gasteiger partial charge in [0.2, 0.25) is 0 Å². The largest absolute Gasteiger partial charge is 0.476 e. The number of imide groups is 1. The number of amides is 3. The second-order valence-electron chi connectivity index (χ2n) is 3.90. The number of alkyl halides is 2. The summed E-state index contributed by atoms with van der Waals surface area (Å²) in [4.78, 5) is 33.7. The molecule has 9 nitrogen and oxygen atoms in total. The topological polar surface area (TPSA) is 126 Å². The van der Waals surface area contributed by atoms with Crippen molar-refractivity contribution in [1.82, 2.24) is 25.6 Å². The van der Waals surface area contributed by atoms with E-state index >= 15 is 0 Å². The van der Waals surface area contributed by atoms with Crippen LogP contribution in [0.5, 0.6) is 0 Å². The molecule has 1 heterocycles. The van der Waals surface area contributed by atoms with Crippen LogP contribution in [0.25, 0.3) is 0 Å². The zero-order valence-corrected chi connectivity index (χ0v) is 11.1. The number of hydrogen-bond donors (Lipinski definition) is 3. The van der Waals surface area contributed by atoms with Crippen LogP contribution in [0.15, 0.2) is 0 Å². The van der Waals surface area contributed by atoms with E-state index in [1.54, 1.807) is 6.92 Å².